The summed E-state index contributed by atoms with van der Waals surface area (Å²) in [5.74, 6) is -0.236. The summed E-state index contributed by atoms with van der Waals surface area (Å²) in [5, 5.41) is 0. The van der Waals surface area contributed by atoms with E-state index in [1.165, 1.54) is 6.08 Å². The van der Waals surface area contributed by atoms with E-state index in [4.69, 9.17) is 4.74 Å². The second-order valence-electron chi connectivity index (χ2n) is 3.40. The number of rotatable bonds is 8. The van der Waals surface area contributed by atoms with Gasteiger partial charge in [-0.05, 0) is 39.4 Å². The minimum absolute atomic E-state index is 0.236. The van der Waals surface area contributed by atoms with Crippen LogP contribution in [0, 0.1) is 0 Å². The molecular formula is C12H23NO2. The fourth-order valence-corrected chi connectivity index (χ4v) is 1.33. The average Bonchev–Trinajstić information content (AvgIpc) is 2.24. The number of esters is 1. The van der Waals surface area contributed by atoms with Crippen LogP contribution in [0.25, 0.3) is 0 Å². The summed E-state index contributed by atoms with van der Waals surface area (Å²) >= 11 is 0. The topological polar surface area (TPSA) is 29.5 Å². The lowest BCUT2D eigenvalue weighted by Crippen LogP contribution is -2.24. The predicted molar refractivity (Wildman–Crippen MR) is 62.8 cm³/mol. The Balaban J connectivity index is 3.35. The molecule has 0 aromatic carbocycles. The standard InChI is InChI=1S/C12H23NO2/c1-4-9-12(14)15-11-8-7-10-13(5-2)6-3/h4,9H,5-8,10-11H2,1-3H3/b9-4-. The Labute approximate surface area is 93.1 Å². The number of nitrogens with zero attached hydrogens (tertiary/aromatic N) is 1. The van der Waals surface area contributed by atoms with Crippen molar-refractivity contribution in [1.29, 1.82) is 0 Å². The van der Waals surface area contributed by atoms with Crippen LogP contribution in [-0.4, -0.2) is 37.1 Å². The fraction of sp³-hybridized carbons (Fsp3) is 0.750. The van der Waals surface area contributed by atoms with Gasteiger partial charge < -0.3 is 9.64 Å². The molecule has 0 bridgehead atoms. The molecule has 0 aliphatic heterocycles. The third-order valence-corrected chi connectivity index (χ3v) is 2.31. The first-order valence-corrected chi connectivity index (χ1v) is 5.76. The Morgan fingerprint density at radius 1 is 1.27 bits per heavy atom. The van der Waals surface area contributed by atoms with Crippen LogP contribution in [0.15, 0.2) is 12.2 Å². The first-order chi connectivity index (χ1) is 7.24. The lowest BCUT2D eigenvalue weighted by molar-refractivity contribution is -0.137. The third kappa shape index (κ3) is 8.18. The van der Waals surface area contributed by atoms with Gasteiger partial charge in [-0.15, -0.1) is 0 Å². The van der Waals surface area contributed by atoms with Gasteiger partial charge in [-0.1, -0.05) is 19.9 Å². The van der Waals surface area contributed by atoms with Gasteiger partial charge in [0.15, 0.2) is 0 Å². The first kappa shape index (κ1) is 14.2. The Kier molecular flexibility index (Phi) is 9.18. The molecule has 0 fully saturated rings. The lowest BCUT2D eigenvalue weighted by atomic mass is 10.3. The highest BCUT2D eigenvalue weighted by atomic mass is 16.5. The molecule has 0 aromatic rings. The molecule has 0 atom stereocenters. The van der Waals surface area contributed by atoms with Crippen molar-refractivity contribution in [2.45, 2.75) is 33.6 Å². The number of hydrogen-bond acceptors (Lipinski definition) is 3. The van der Waals surface area contributed by atoms with Gasteiger partial charge in [0.05, 0.1) is 6.61 Å². The van der Waals surface area contributed by atoms with Crippen LogP contribution < -0.4 is 0 Å². The van der Waals surface area contributed by atoms with E-state index in [2.05, 4.69) is 18.7 Å². The molecule has 0 saturated heterocycles. The molecule has 3 nitrogen and oxygen atoms in total. The molecule has 0 aliphatic carbocycles. The zero-order chi connectivity index (χ0) is 11.5. The second-order valence-corrected chi connectivity index (χ2v) is 3.40. The molecule has 0 rings (SSSR count). The summed E-state index contributed by atoms with van der Waals surface area (Å²) in [6.07, 6.45) is 5.17. The van der Waals surface area contributed by atoms with Gasteiger partial charge >= 0.3 is 5.97 Å². The van der Waals surface area contributed by atoms with Crippen LogP contribution in [-0.2, 0) is 9.53 Å². The maximum Gasteiger partial charge on any atom is 0.330 e. The summed E-state index contributed by atoms with van der Waals surface area (Å²) in [6, 6.07) is 0. The van der Waals surface area contributed by atoms with Crippen LogP contribution in [0.2, 0.25) is 0 Å². The highest BCUT2D eigenvalue weighted by molar-refractivity contribution is 5.81. The number of carbonyl (C=O) groups is 1. The van der Waals surface area contributed by atoms with E-state index >= 15 is 0 Å². The van der Waals surface area contributed by atoms with E-state index in [0.29, 0.717) is 6.61 Å². The molecule has 0 amide bonds. The van der Waals surface area contributed by atoms with Crippen molar-refractivity contribution in [3.63, 3.8) is 0 Å². The quantitative estimate of drug-likeness (QED) is 0.352. The van der Waals surface area contributed by atoms with E-state index in [9.17, 15) is 4.79 Å². The van der Waals surface area contributed by atoms with Crippen LogP contribution >= 0.6 is 0 Å². The van der Waals surface area contributed by atoms with Crippen LogP contribution in [0.3, 0.4) is 0 Å². The van der Waals surface area contributed by atoms with Crippen molar-refractivity contribution in [2.75, 3.05) is 26.2 Å². The SMILES string of the molecule is C/C=C\C(=O)OCCCCN(CC)CC. The minimum Gasteiger partial charge on any atom is -0.463 e. The number of allylic oxidation sites excluding steroid dienone is 1. The number of hydrogen-bond donors (Lipinski definition) is 0. The third-order valence-electron chi connectivity index (χ3n) is 2.31. The molecule has 3 heteroatoms. The van der Waals surface area contributed by atoms with Gasteiger partial charge in [0.25, 0.3) is 0 Å². The van der Waals surface area contributed by atoms with Crippen molar-refractivity contribution in [3.8, 4) is 0 Å². The molecule has 0 spiro atoms. The molecule has 0 unspecified atom stereocenters. The van der Waals surface area contributed by atoms with Crippen molar-refractivity contribution in [2.24, 2.45) is 0 Å². The van der Waals surface area contributed by atoms with E-state index in [-0.39, 0.29) is 5.97 Å². The molecule has 0 N–H and O–H groups in total. The van der Waals surface area contributed by atoms with E-state index in [1.807, 2.05) is 6.92 Å². The molecule has 88 valence electrons. The van der Waals surface area contributed by atoms with Gasteiger partial charge in [-0.2, -0.15) is 0 Å². The van der Waals surface area contributed by atoms with Gasteiger partial charge in [-0.3, -0.25) is 0 Å². The normalized spacial score (nSPS) is 11.2. The lowest BCUT2D eigenvalue weighted by Gasteiger charge is -2.17. The van der Waals surface area contributed by atoms with Gasteiger partial charge in [0.2, 0.25) is 0 Å². The molecule has 0 aliphatic rings. The van der Waals surface area contributed by atoms with Gasteiger partial charge in [0.1, 0.15) is 0 Å². The monoisotopic (exact) mass is 213 g/mol. The summed E-state index contributed by atoms with van der Waals surface area (Å²) in [7, 11) is 0. The highest BCUT2D eigenvalue weighted by Crippen LogP contribution is 1.96. The number of carbonyl (C=O) groups excluding carboxylic acids is 1. The summed E-state index contributed by atoms with van der Waals surface area (Å²) in [5.41, 5.74) is 0. The zero-order valence-electron chi connectivity index (χ0n) is 10.2. The smallest absolute Gasteiger partial charge is 0.330 e. The van der Waals surface area contributed by atoms with E-state index < -0.39 is 0 Å². The number of unbranched alkanes of at least 4 members (excludes halogenated alkanes) is 1. The van der Waals surface area contributed by atoms with E-state index in [1.54, 1.807) is 6.08 Å². The molecule has 0 saturated carbocycles. The summed E-state index contributed by atoms with van der Waals surface area (Å²) in [4.78, 5) is 13.3. The van der Waals surface area contributed by atoms with Crippen LogP contribution in [0.1, 0.15) is 33.6 Å². The van der Waals surface area contributed by atoms with E-state index in [0.717, 1.165) is 32.5 Å². The molecule has 0 radical (unpaired) electrons. The molecular weight excluding hydrogens is 190 g/mol. The van der Waals surface area contributed by atoms with Gasteiger partial charge in [-0.25, -0.2) is 4.79 Å². The minimum atomic E-state index is -0.236. The van der Waals surface area contributed by atoms with Gasteiger partial charge in [0, 0.05) is 6.08 Å². The Morgan fingerprint density at radius 3 is 2.47 bits per heavy atom. The first-order valence-electron chi connectivity index (χ1n) is 5.76. The van der Waals surface area contributed by atoms with Crippen molar-refractivity contribution in [3.05, 3.63) is 12.2 Å². The zero-order valence-corrected chi connectivity index (χ0v) is 10.2. The highest BCUT2D eigenvalue weighted by Gasteiger charge is 1.99. The molecule has 0 aromatic heterocycles. The van der Waals surface area contributed by atoms with Crippen molar-refractivity contribution >= 4 is 5.97 Å². The molecule has 15 heavy (non-hydrogen) atoms. The van der Waals surface area contributed by atoms with Crippen molar-refractivity contribution < 1.29 is 9.53 Å². The van der Waals surface area contributed by atoms with Crippen molar-refractivity contribution in [1.82, 2.24) is 4.90 Å². The maximum absolute atomic E-state index is 10.9. The Hall–Kier alpha value is -0.830. The summed E-state index contributed by atoms with van der Waals surface area (Å²) < 4.78 is 4.99. The fourth-order valence-electron chi connectivity index (χ4n) is 1.33. The number of ether oxygens (including phenoxy) is 1. The largest absolute Gasteiger partial charge is 0.463 e. The Morgan fingerprint density at radius 2 is 1.93 bits per heavy atom. The maximum atomic E-state index is 10.9. The Bertz CT molecular complexity index is 186. The summed E-state index contributed by atoms with van der Waals surface area (Å²) in [6.45, 7) is 9.94. The van der Waals surface area contributed by atoms with Crippen LogP contribution in [0.5, 0.6) is 0 Å². The molecule has 0 heterocycles. The second kappa shape index (κ2) is 9.71. The average molecular weight is 213 g/mol. The van der Waals surface area contributed by atoms with Crippen LogP contribution in [0.4, 0.5) is 0 Å². The predicted octanol–water partition coefficient (Wildman–Crippen LogP) is 2.23.